The van der Waals surface area contributed by atoms with Crippen LogP contribution in [0.2, 0.25) is 0 Å². The van der Waals surface area contributed by atoms with Crippen molar-refractivity contribution < 1.29 is 14.3 Å². The molecule has 2 rings (SSSR count). The lowest BCUT2D eigenvalue weighted by Gasteiger charge is -2.22. The zero-order valence-corrected chi connectivity index (χ0v) is 8.77. The van der Waals surface area contributed by atoms with E-state index in [0.717, 1.165) is 18.7 Å². The molecule has 0 spiro atoms. The Bertz CT molecular complexity index is 352. The van der Waals surface area contributed by atoms with Crippen molar-refractivity contribution in [3.63, 3.8) is 0 Å². The molecule has 1 saturated heterocycles. The molecule has 1 aliphatic heterocycles. The van der Waals surface area contributed by atoms with Gasteiger partial charge in [-0.1, -0.05) is 0 Å². The van der Waals surface area contributed by atoms with Crippen LogP contribution in [0, 0.1) is 0 Å². The molecule has 0 amide bonds. The molecular formula is C11H15NO3. The fourth-order valence-corrected chi connectivity index (χ4v) is 2.02. The summed E-state index contributed by atoms with van der Waals surface area (Å²) in [7, 11) is 0. The van der Waals surface area contributed by atoms with Crippen LogP contribution in [0.25, 0.3) is 0 Å². The second-order valence-corrected chi connectivity index (χ2v) is 3.97. The van der Waals surface area contributed by atoms with Crippen LogP contribution in [-0.4, -0.2) is 29.1 Å². The fourth-order valence-electron chi connectivity index (χ4n) is 2.02. The third-order valence-electron chi connectivity index (χ3n) is 3.00. The van der Waals surface area contributed by atoms with E-state index >= 15 is 0 Å². The van der Waals surface area contributed by atoms with Gasteiger partial charge in [0.15, 0.2) is 0 Å². The number of carbonyl (C=O) groups is 1. The van der Waals surface area contributed by atoms with Crippen LogP contribution in [0.1, 0.15) is 41.9 Å². The number of carboxylic acids is 1. The predicted molar refractivity (Wildman–Crippen MR) is 54.9 cm³/mol. The molecule has 1 aromatic rings. The van der Waals surface area contributed by atoms with E-state index in [1.807, 2.05) is 0 Å². The van der Waals surface area contributed by atoms with Gasteiger partial charge < -0.3 is 9.52 Å². The standard InChI is InChI=1S/C11H15NO3/c1-8(12-4-2-3-5-12)9-6-10(11(13)14)15-7-9/h6-8H,2-5H2,1H3,(H,13,14). The summed E-state index contributed by atoms with van der Waals surface area (Å²) in [5, 5.41) is 8.74. The van der Waals surface area contributed by atoms with Crippen LogP contribution in [0.4, 0.5) is 0 Å². The first-order chi connectivity index (χ1) is 7.18. The van der Waals surface area contributed by atoms with Crippen molar-refractivity contribution in [3.8, 4) is 0 Å². The minimum Gasteiger partial charge on any atom is -0.475 e. The molecule has 1 aliphatic rings. The first-order valence-electron chi connectivity index (χ1n) is 5.24. The van der Waals surface area contributed by atoms with Gasteiger partial charge in [-0.05, 0) is 38.9 Å². The maximum absolute atomic E-state index is 10.7. The maximum atomic E-state index is 10.7. The second-order valence-electron chi connectivity index (χ2n) is 3.97. The molecule has 0 saturated carbocycles. The van der Waals surface area contributed by atoms with Gasteiger partial charge in [-0.3, -0.25) is 4.90 Å². The molecule has 1 unspecified atom stereocenters. The average Bonchev–Trinajstić information content (AvgIpc) is 2.88. The van der Waals surface area contributed by atoms with Gasteiger partial charge in [0, 0.05) is 11.6 Å². The van der Waals surface area contributed by atoms with E-state index in [4.69, 9.17) is 9.52 Å². The van der Waals surface area contributed by atoms with Crippen LogP contribution >= 0.6 is 0 Å². The summed E-state index contributed by atoms with van der Waals surface area (Å²) in [6, 6.07) is 1.87. The molecule has 4 nitrogen and oxygen atoms in total. The van der Waals surface area contributed by atoms with Gasteiger partial charge in [-0.15, -0.1) is 0 Å². The highest BCUT2D eigenvalue weighted by Crippen LogP contribution is 2.25. The number of hydrogen-bond donors (Lipinski definition) is 1. The van der Waals surface area contributed by atoms with E-state index in [0.29, 0.717) is 0 Å². The van der Waals surface area contributed by atoms with E-state index in [1.165, 1.54) is 12.8 Å². The summed E-state index contributed by atoms with van der Waals surface area (Å²) in [6.45, 7) is 4.27. The Morgan fingerprint density at radius 1 is 1.53 bits per heavy atom. The molecule has 1 N–H and O–H groups in total. The zero-order chi connectivity index (χ0) is 10.8. The average molecular weight is 209 g/mol. The van der Waals surface area contributed by atoms with E-state index < -0.39 is 5.97 Å². The Morgan fingerprint density at radius 2 is 2.20 bits per heavy atom. The highest BCUT2D eigenvalue weighted by molar-refractivity contribution is 5.84. The predicted octanol–water partition coefficient (Wildman–Crippen LogP) is 2.13. The van der Waals surface area contributed by atoms with Crippen LogP contribution in [0.5, 0.6) is 0 Å². The van der Waals surface area contributed by atoms with E-state index in [9.17, 15) is 4.79 Å². The van der Waals surface area contributed by atoms with E-state index in [2.05, 4.69) is 11.8 Å². The van der Waals surface area contributed by atoms with Gasteiger partial charge in [0.05, 0.1) is 6.26 Å². The molecule has 0 bridgehead atoms. The highest BCUT2D eigenvalue weighted by atomic mass is 16.4. The van der Waals surface area contributed by atoms with Crippen LogP contribution in [0.3, 0.4) is 0 Å². The molecule has 1 fully saturated rings. The van der Waals surface area contributed by atoms with Crippen molar-refractivity contribution in [2.45, 2.75) is 25.8 Å². The summed E-state index contributed by atoms with van der Waals surface area (Å²) >= 11 is 0. The molecule has 2 heterocycles. The third-order valence-corrected chi connectivity index (χ3v) is 3.00. The van der Waals surface area contributed by atoms with Gasteiger partial charge in [-0.2, -0.15) is 0 Å². The van der Waals surface area contributed by atoms with Gasteiger partial charge >= 0.3 is 5.97 Å². The molecule has 4 heteroatoms. The topological polar surface area (TPSA) is 53.7 Å². The Labute approximate surface area is 88.5 Å². The van der Waals surface area contributed by atoms with Gasteiger partial charge in [-0.25, -0.2) is 4.79 Å². The fraction of sp³-hybridized carbons (Fsp3) is 0.545. The summed E-state index contributed by atoms with van der Waals surface area (Å²) in [5.41, 5.74) is 0.953. The van der Waals surface area contributed by atoms with Gasteiger partial charge in [0.25, 0.3) is 0 Å². The Morgan fingerprint density at radius 3 is 2.73 bits per heavy atom. The quantitative estimate of drug-likeness (QED) is 0.828. The Balaban J connectivity index is 2.10. The van der Waals surface area contributed by atoms with Crippen molar-refractivity contribution in [2.24, 2.45) is 0 Å². The molecule has 82 valence electrons. The Hall–Kier alpha value is -1.29. The maximum Gasteiger partial charge on any atom is 0.371 e. The van der Waals surface area contributed by atoms with Gasteiger partial charge in [0.1, 0.15) is 0 Å². The summed E-state index contributed by atoms with van der Waals surface area (Å²) < 4.78 is 4.98. The number of aromatic carboxylic acids is 1. The highest BCUT2D eigenvalue weighted by Gasteiger charge is 2.21. The zero-order valence-electron chi connectivity index (χ0n) is 8.77. The molecule has 0 radical (unpaired) electrons. The summed E-state index contributed by atoms with van der Waals surface area (Å²) in [5.74, 6) is -0.981. The number of carboxylic acid groups (broad SMARTS) is 1. The minimum atomic E-state index is -1.00. The monoisotopic (exact) mass is 209 g/mol. The molecular weight excluding hydrogens is 194 g/mol. The lowest BCUT2D eigenvalue weighted by Crippen LogP contribution is -2.22. The van der Waals surface area contributed by atoms with Crippen molar-refractivity contribution in [1.29, 1.82) is 0 Å². The van der Waals surface area contributed by atoms with Crippen LogP contribution in [-0.2, 0) is 0 Å². The minimum absolute atomic E-state index is 0.0241. The summed E-state index contributed by atoms with van der Waals surface area (Å²) in [6.07, 6.45) is 4.01. The number of hydrogen-bond acceptors (Lipinski definition) is 3. The lowest BCUT2D eigenvalue weighted by atomic mass is 10.1. The van der Waals surface area contributed by atoms with Crippen LogP contribution < -0.4 is 0 Å². The number of rotatable bonds is 3. The third kappa shape index (κ3) is 2.04. The van der Waals surface area contributed by atoms with Crippen LogP contribution in [0.15, 0.2) is 16.7 Å². The smallest absolute Gasteiger partial charge is 0.371 e. The largest absolute Gasteiger partial charge is 0.475 e. The first kappa shape index (κ1) is 10.2. The number of likely N-dealkylation sites (tertiary alicyclic amines) is 1. The molecule has 0 aliphatic carbocycles. The van der Waals surface area contributed by atoms with E-state index in [-0.39, 0.29) is 11.8 Å². The van der Waals surface area contributed by atoms with Crippen molar-refractivity contribution >= 4 is 5.97 Å². The number of nitrogens with zero attached hydrogens (tertiary/aromatic N) is 1. The molecule has 1 aromatic heterocycles. The first-order valence-corrected chi connectivity index (χ1v) is 5.24. The molecule has 15 heavy (non-hydrogen) atoms. The van der Waals surface area contributed by atoms with E-state index in [1.54, 1.807) is 12.3 Å². The second kappa shape index (κ2) is 4.06. The molecule has 1 atom stereocenters. The van der Waals surface area contributed by atoms with Gasteiger partial charge in [0.2, 0.25) is 5.76 Å². The summed E-state index contributed by atoms with van der Waals surface area (Å²) in [4.78, 5) is 13.0. The molecule has 0 aromatic carbocycles. The van der Waals surface area contributed by atoms with Crippen molar-refractivity contribution in [1.82, 2.24) is 4.90 Å². The number of furan rings is 1. The SMILES string of the molecule is CC(c1coc(C(=O)O)c1)N1CCCC1. The lowest BCUT2D eigenvalue weighted by molar-refractivity contribution is 0.0662. The van der Waals surface area contributed by atoms with Crippen molar-refractivity contribution in [2.75, 3.05) is 13.1 Å². The Kier molecular flexibility index (Phi) is 2.77. The van der Waals surface area contributed by atoms with Crippen molar-refractivity contribution in [3.05, 3.63) is 23.7 Å². The normalized spacial score (nSPS) is 19.3.